The minimum absolute atomic E-state index is 0.0967. The molecule has 0 aliphatic carbocycles. The van der Waals surface area contributed by atoms with E-state index in [1.54, 1.807) is 36.4 Å². The number of methoxy groups -OCH3 is 1. The number of amides is 1. The molecular formula is C22H15Cl2N3O2S2. The van der Waals surface area contributed by atoms with E-state index in [1.165, 1.54) is 18.4 Å². The summed E-state index contributed by atoms with van der Waals surface area (Å²) in [6.45, 7) is 0. The van der Waals surface area contributed by atoms with Crippen molar-refractivity contribution in [3.05, 3.63) is 76.3 Å². The largest absolute Gasteiger partial charge is 0.497 e. The number of hydrogen-bond donors (Lipinski definition) is 2. The molecule has 2 N–H and O–H groups in total. The quantitative estimate of drug-likeness (QED) is 0.325. The highest BCUT2D eigenvalue weighted by atomic mass is 35.5. The van der Waals surface area contributed by atoms with Crippen LogP contribution in [-0.2, 0) is 0 Å². The molecule has 0 aliphatic rings. The Labute approximate surface area is 198 Å². The summed E-state index contributed by atoms with van der Waals surface area (Å²) in [6, 6.07) is 18.0. The maximum atomic E-state index is 12.6. The summed E-state index contributed by atoms with van der Waals surface area (Å²) >= 11 is 19.6. The van der Waals surface area contributed by atoms with Crippen LogP contribution in [0.5, 0.6) is 5.75 Å². The Bertz CT molecular complexity index is 1270. The highest BCUT2D eigenvalue weighted by Gasteiger charge is 2.17. The number of halogens is 2. The zero-order valence-corrected chi connectivity index (χ0v) is 19.3. The van der Waals surface area contributed by atoms with Gasteiger partial charge in [0.1, 0.15) is 10.8 Å². The number of nitrogens with zero attached hydrogens (tertiary/aromatic N) is 1. The Morgan fingerprint density at radius 2 is 1.90 bits per heavy atom. The molecule has 9 heteroatoms. The number of hydrogen-bond acceptors (Lipinski definition) is 5. The third-order valence-corrected chi connectivity index (χ3v) is 6.17. The molecule has 1 heterocycles. The molecule has 1 aromatic heterocycles. The van der Waals surface area contributed by atoms with E-state index < -0.39 is 0 Å². The van der Waals surface area contributed by atoms with Crippen LogP contribution in [0.4, 0.5) is 5.69 Å². The van der Waals surface area contributed by atoms with Crippen molar-refractivity contribution in [1.82, 2.24) is 10.3 Å². The Hall–Kier alpha value is -2.71. The average molecular weight is 488 g/mol. The number of ether oxygens (including phenoxy) is 1. The van der Waals surface area contributed by atoms with Crippen molar-refractivity contribution in [2.45, 2.75) is 0 Å². The lowest BCUT2D eigenvalue weighted by atomic mass is 10.2. The molecule has 0 bridgehead atoms. The van der Waals surface area contributed by atoms with E-state index in [2.05, 4.69) is 15.6 Å². The van der Waals surface area contributed by atoms with Crippen LogP contribution >= 0.6 is 46.8 Å². The van der Waals surface area contributed by atoms with Crippen LogP contribution in [0.2, 0.25) is 10.0 Å². The minimum Gasteiger partial charge on any atom is -0.497 e. The Balaban J connectivity index is 1.62. The summed E-state index contributed by atoms with van der Waals surface area (Å²) in [7, 11) is 1.54. The lowest BCUT2D eigenvalue weighted by Crippen LogP contribution is -2.34. The van der Waals surface area contributed by atoms with Gasteiger partial charge in [-0.15, -0.1) is 11.3 Å². The van der Waals surface area contributed by atoms with Gasteiger partial charge in [-0.3, -0.25) is 10.1 Å². The summed E-state index contributed by atoms with van der Waals surface area (Å²) in [5.74, 6) is 0.202. The average Bonchev–Trinajstić information content (AvgIpc) is 3.19. The number of para-hydroxylation sites is 1. The van der Waals surface area contributed by atoms with Crippen molar-refractivity contribution in [2.24, 2.45) is 0 Å². The van der Waals surface area contributed by atoms with E-state index >= 15 is 0 Å². The van der Waals surface area contributed by atoms with Gasteiger partial charge in [-0.25, -0.2) is 4.98 Å². The summed E-state index contributed by atoms with van der Waals surface area (Å²) < 4.78 is 6.19. The summed E-state index contributed by atoms with van der Waals surface area (Å²) in [6.07, 6.45) is 0. The van der Waals surface area contributed by atoms with Crippen molar-refractivity contribution in [2.75, 3.05) is 12.4 Å². The third-order valence-electron chi connectivity index (χ3n) is 4.38. The topological polar surface area (TPSA) is 63.2 Å². The molecule has 156 valence electrons. The molecule has 3 aromatic carbocycles. The molecule has 5 nitrogen and oxygen atoms in total. The predicted octanol–water partition coefficient (Wildman–Crippen LogP) is 6.41. The van der Waals surface area contributed by atoms with Gasteiger partial charge in [0, 0.05) is 16.1 Å². The molecule has 4 rings (SSSR count). The number of thiazole rings is 1. The highest BCUT2D eigenvalue weighted by molar-refractivity contribution is 7.80. The van der Waals surface area contributed by atoms with Gasteiger partial charge in [0.25, 0.3) is 5.91 Å². The first-order valence-electron chi connectivity index (χ1n) is 9.06. The van der Waals surface area contributed by atoms with E-state index in [1.807, 2.05) is 24.3 Å². The molecular weight excluding hydrogens is 473 g/mol. The monoisotopic (exact) mass is 487 g/mol. The number of benzene rings is 3. The van der Waals surface area contributed by atoms with Crippen molar-refractivity contribution in [3.8, 4) is 16.3 Å². The number of nitrogens with one attached hydrogen (secondary N) is 2. The number of thiocarbonyl (C=S) groups is 1. The van der Waals surface area contributed by atoms with Gasteiger partial charge in [0.05, 0.1) is 28.0 Å². The standard InChI is InChI=1S/C22H15Cl2N3O2S2/c1-29-14-6-4-5-12(9-14)20(28)27-22(30)26-19-15(10-13(23)11-16(19)24)21-25-17-7-2-3-8-18(17)31-21/h2-11H,1H3,(H2,26,27,28,30). The van der Waals surface area contributed by atoms with Crippen LogP contribution in [0.15, 0.2) is 60.7 Å². The third kappa shape index (κ3) is 4.80. The van der Waals surface area contributed by atoms with Gasteiger partial charge >= 0.3 is 0 Å². The molecule has 0 spiro atoms. The van der Waals surface area contributed by atoms with Gasteiger partial charge < -0.3 is 10.1 Å². The fourth-order valence-electron chi connectivity index (χ4n) is 2.94. The Kier molecular flexibility index (Phi) is 6.38. The van der Waals surface area contributed by atoms with E-state index in [4.69, 9.17) is 40.2 Å². The first kappa shape index (κ1) is 21.5. The summed E-state index contributed by atoms with van der Waals surface area (Å²) in [5.41, 5.74) is 2.49. The van der Waals surface area contributed by atoms with E-state index in [9.17, 15) is 4.79 Å². The zero-order valence-electron chi connectivity index (χ0n) is 16.1. The van der Waals surface area contributed by atoms with Gasteiger partial charge in [0.15, 0.2) is 5.11 Å². The molecule has 31 heavy (non-hydrogen) atoms. The summed E-state index contributed by atoms with van der Waals surface area (Å²) in [5, 5.41) is 7.34. The molecule has 0 unspecified atom stereocenters. The second-order valence-electron chi connectivity index (χ2n) is 6.44. The van der Waals surface area contributed by atoms with Crippen LogP contribution in [0, 0.1) is 0 Å². The minimum atomic E-state index is -0.372. The van der Waals surface area contributed by atoms with Crippen LogP contribution in [0.3, 0.4) is 0 Å². The smallest absolute Gasteiger partial charge is 0.257 e. The van der Waals surface area contributed by atoms with Crippen molar-refractivity contribution >= 4 is 73.7 Å². The highest BCUT2D eigenvalue weighted by Crippen LogP contribution is 2.40. The van der Waals surface area contributed by atoms with Crippen molar-refractivity contribution in [1.29, 1.82) is 0 Å². The SMILES string of the molecule is COc1cccc(C(=O)NC(=S)Nc2c(Cl)cc(Cl)cc2-c2nc3ccccc3s2)c1. The van der Waals surface area contributed by atoms with E-state index in [-0.39, 0.29) is 11.0 Å². The maximum absolute atomic E-state index is 12.6. The van der Waals surface area contributed by atoms with Crippen LogP contribution in [0.1, 0.15) is 10.4 Å². The van der Waals surface area contributed by atoms with Gasteiger partial charge in [0.2, 0.25) is 0 Å². The van der Waals surface area contributed by atoms with Gasteiger partial charge in [-0.05, 0) is 54.7 Å². The zero-order chi connectivity index (χ0) is 22.0. The number of anilines is 1. The van der Waals surface area contributed by atoms with Gasteiger partial charge in [-0.1, -0.05) is 41.4 Å². The van der Waals surface area contributed by atoms with Crippen LogP contribution in [-0.4, -0.2) is 23.1 Å². The van der Waals surface area contributed by atoms with E-state index in [0.717, 1.165) is 15.2 Å². The number of fused-ring (bicyclic) bond motifs is 1. The summed E-state index contributed by atoms with van der Waals surface area (Å²) in [4.78, 5) is 17.2. The van der Waals surface area contributed by atoms with Crippen LogP contribution in [0.25, 0.3) is 20.8 Å². The lowest BCUT2D eigenvalue weighted by Gasteiger charge is -2.15. The van der Waals surface area contributed by atoms with Crippen LogP contribution < -0.4 is 15.4 Å². The first-order chi connectivity index (χ1) is 14.9. The number of aromatic nitrogens is 1. The fourth-order valence-corrected chi connectivity index (χ4v) is 4.66. The Morgan fingerprint density at radius 1 is 1.10 bits per heavy atom. The van der Waals surface area contributed by atoms with Crippen molar-refractivity contribution in [3.63, 3.8) is 0 Å². The molecule has 0 saturated heterocycles. The second kappa shape index (κ2) is 9.20. The molecule has 0 aliphatic heterocycles. The molecule has 0 fully saturated rings. The normalized spacial score (nSPS) is 10.7. The first-order valence-corrected chi connectivity index (χ1v) is 11.0. The molecule has 4 aromatic rings. The van der Waals surface area contributed by atoms with Crippen molar-refractivity contribution < 1.29 is 9.53 Å². The molecule has 0 saturated carbocycles. The lowest BCUT2D eigenvalue weighted by molar-refractivity contribution is 0.0977. The van der Waals surface area contributed by atoms with E-state index in [0.29, 0.717) is 32.6 Å². The maximum Gasteiger partial charge on any atom is 0.257 e. The number of rotatable bonds is 4. The number of carbonyl (C=O) groups is 1. The van der Waals surface area contributed by atoms with Gasteiger partial charge in [-0.2, -0.15) is 0 Å². The number of carbonyl (C=O) groups excluding carboxylic acids is 1. The Morgan fingerprint density at radius 3 is 2.68 bits per heavy atom. The molecule has 0 atom stereocenters. The molecule has 0 radical (unpaired) electrons. The second-order valence-corrected chi connectivity index (χ2v) is 8.72. The predicted molar refractivity (Wildman–Crippen MR) is 132 cm³/mol. The molecule has 1 amide bonds. The fraction of sp³-hybridized carbons (Fsp3) is 0.0455.